The van der Waals surface area contributed by atoms with Gasteiger partial charge in [0.25, 0.3) is 0 Å². The van der Waals surface area contributed by atoms with Crippen LogP contribution in [0.5, 0.6) is 0 Å². The van der Waals surface area contributed by atoms with Gasteiger partial charge in [0.2, 0.25) is 5.91 Å². The van der Waals surface area contributed by atoms with Gasteiger partial charge in [0.1, 0.15) is 12.4 Å². The molecule has 1 aromatic heterocycles. The third-order valence-corrected chi connectivity index (χ3v) is 5.79. The van der Waals surface area contributed by atoms with Gasteiger partial charge in [0, 0.05) is 43.3 Å². The monoisotopic (exact) mass is 379 g/mol. The van der Waals surface area contributed by atoms with E-state index in [-0.39, 0.29) is 30.5 Å². The number of hydrogen-bond donors (Lipinski definition) is 1. The molecule has 2 atom stereocenters. The minimum atomic E-state index is -0.263. The molecule has 2 fully saturated rings. The molecule has 0 saturated carbocycles. The summed E-state index contributed by atoms with van der Waals surface area (Å²) in [6.07, 6.45) is 2.08. The van der Waals surface area contributed by atoms with Crippen LogP contribution in [0.4, 0.5) is 4.39 Å². The first-order chi connectivity index (χ1) is 13.7. The minimum Gasteiger partial charge on any atom is -0.365 e. The Balaban J connectivity index is 1.32. The molecule has 1 N–H and O–H groups in total. The van der Waals surface area contributed by atoms with Crippen molar-refractivity contribution in [1.29, 1.82) is 0 Å². The van der Waals surface area contributed by atoms with Gasteiger partial charge in [-0.3, -0.25) is 9.69 Å². The second kappa shape index (κ2) is 7.04. The van der Waals surface area contributed by atoms with Gasteiger partial charge in [-0.15, -0.1) is 0 Å². The number of aromatic amines is 1. The van der Waals surface area contributed by atoms with Gasteiger partial charge >= 0.3 is 0 Å². The van der Waals surface area contributed by atoms with Crippen molar-refractivity contribution >= 4 is 16.8 Å². The van der Waals surface area contributed by atoms with Crippen LogP contribution < -0.4 is 0 Å². The van der Waals surface area contributed by atoms with Crippen molar-refractivity contribution in [1.82, 2.24) is 14.8 Å². The topological polar surface area (TPSA) is 48.6 Å². The molecule has 2 aromatic carbocycles. The average molecular weight is 379 g/mol. The maximum absolute atomic E-state index is 13.2. The van der Waals surface area contributed by atoms with Crippen molar-refractivity contribution in [3.05, 3.63) is 71.7 Å². The van der Waals surface area contributed by atoms with Gasteiger partial charge in [-0.2, -0.15) is 0 Å². The molecule has 1 amide bonds. The van der Waals surface area contributed by atoms with E-state index in [0.29, 0.717) is 6.54 Å². The smallest absolute Gasteiger partial charge is 0.249 e. The van der Waals surface area contributed by atoms with Crippen LogP contribution in [0.15, 0.2) is 54.7 Å². The molecular weight excluding hydrogens is 357 g/mol. The van der Waals surface area contributed by atoms with E-state index in [4.69, 9.17) is 4.74 Å². The number of nitrogens with zero attached hydrogens (tertiary/aromatic N) is 2. The number of likely N-dealkylation sites (tertiary alicyclic amines) is 1. The molecule has 5 rings (SSSR count). The van der Waals surface area contributed by atoms with E-state index in [0.717, 1.165) is 30.7 Å². The Labute approximate surface area is 162 Å². The van der Waals surface area contributed by atoms with Crippen LogP contribution in [0.25, 0.3) is 10.9 Å². The van der Waals surface area contributed by atoms with Crippen LogP contribution in [0, 0.1) is 5.82 Å². The summed E-state index contributed by atoms with van der Waals surface area (Å²) in [5.74, 6) is -0.264. The normalized spacial score (nSPS) is 22.8. The number of rotatable bonds is 4. The Morgan fingerprint density at radius 1 is 1.07 bits per heavy atom. The molecule has 0 spiro atoms. The van der Waals surface area contributed by atoms with Crippen molar-refractivity contribution in [2.45, 2.75) is 25.2 Å². The zero-order chi connectivity index (χ0) is 19.1. The predicted octanol–water partition coefficient (Wildman–Crippen LogP) is 2.92. The van der Waals surface area contributed by atoms with E-state index in [1.54, 1.807) is 12.1 Å². The number of ether oxygens (including phenoxy) is 1. The number of fused-ring (bicyclic) bond motifs is 2. The lowest BCUT2D eigenvalue weighted by atomic mass is 10.1. The number of halogens is 1. The highest BCUT2D eigenvalue weighted by Crippen LogP contribution is 2.28. The van der Waals surface area contributed by atoms with Gasteiger partial charge in [-0.05, 0) is 29.3 Å². The van der Waals surface area contributed by atoms with Crippen molar-refractivity contribution in [2.75, 3.05) is 19.7 Å². The summed E-state index contributed by atoms with van der Waals surface area (Å²) in [6.45, 7) is 3.00. The lowest BCUT2D eigenvalue weighted by molar-refractivity contribution is -0.153. The lowest BCUT2D eigenvalue weighted by Gasteiger charge is -2.36. The number of H-pyrrole nitrogens is 1. The molecule has 28 heavy (non-hydrogen) atoms. The second-order valence-electron chi connectivity index (χ2n) is 7.62. The maximum Gasteiger partial charge on any atom is 0.249 e. The number of morpholine rings is 1. The van der Waals surface area contributed by atoms with E-state index in [1.165, 1.54) is 23.1 Å². The molecule has 6 heteroatoms. The van der Waals surface area contributed by atoms with Crippen molar-refractivity contribution < 1.29 is 13.9 Å². The van der Waals surface area contributed by atoms with Crippen LogP contribution >= 0.6 is 0 Å². The standard InChI is InChI=1S/C22H22FN3O2/c23-17-7-5-15(6-8-17)10-26-20-12-25(13-21(20)28-14-22(26)27)11-16-9-24-19-4-2-1-3-18(16)19/h1-9,20-21,24H,10-14H2/t20-,21+/m1/s1. The third kappa shape index (κ3) is 3.19. The van der Waals surface area contributed by atoms with Gasteiger partial charge < -0.3 is 14.6 Å². The van der Waals surface area contributed by atoms with Crippen LogP contribution in [-0.4, -0.2) is 52.5 Å². The quantitative estimate of drug-likeness (QED) is 0.758. The van der Waals surface area contributed by atoms with Crippen LogP contribution in [-0.2, 0) is 22.6 Å². The first kappa shape index (κ1) is 17.4. The Morgan fingerprint density at radius 3 is 2.75 bits per heavy atom. The van der Waals surface area contributed by atoms with E-state index >= 15 is 0 Å². The minimum absolute atomic E-state index is 0.000445. The molecule has 144 valence electrons. The molecular formula is C22H22FN3O2. The number of benzene rings is 2. The molecule has 3 heterocycles. The molecule has 3 aromatic rings. The average Bonchev–Trinajstić information content (AvgIpc) is 3.30. The summed E-state index contributed by atoms with van der Waals surface area (Å²) < 4.78 is 19.0. The van der Waals surface area contributed by atoms with Crippen LogP contribution in [0.1, 0.15) is 11.1 Å². The van der Waals surface area contributed by atoms with E-state index < -0.39 is 0 Å². The highest BCUT2D eigenvalue weighted by Gasteiger charge is 2.43. The summed E-state index contributed by atoms with van der Waals surface area (Å²) in [7, 11) is 0. The number of aromatic nitrogens is 1. The van der Waals surface area contributed by atoms with Gasteiger partial charge in [-0.25, -0.2) is 4.39 Å². The number of nitrogens with one attached hydrogen (secondary N) is 1. The number of para-hydroxylation sites is 1. The Kier molecular flexibility index (Phi) is 4.37. The fourth-order valence-electron chi connectivity index (χ4n) is 4.37. The molecule has 2 aliphatic rings. The summed E-state index contributed by atoms with van der Waals surface area (Å²) in [5, 5.41) is 1.23. The Hall–Kier alpha value is -2.70. The summed E-state index contributed by atoms with van der Waals surface area (Å²) in [4.78, 5) is 20.1. The van der Waals surface area contributed by atoms with E-state index in [2.05, 4.69) is 34.3 Å². The predicted molar refractivity (Wildman–Crippen MR) is 104 cm³/mol. The molecule has 0 aliphatic carbocycles. The molecule has 0 bridgehead atoms. The van der Waals surface area contributed by atoms with E-state index in [1.807, 2.05) is 11.0 Å². The first-order valence-electron chi connectivity index (χ1n) is 9.60. The van der Waals surface area contributed by atoms with Crippen molar-refractivity contribution in [3.63, 3.8) is 0 Å². The molecule has 2 saturated heterocycles. The molecule has 0 radical (unpaired) electrons. The summed E-state index contributed by atoms with van der Waals surface area (Å²) in [5.41, 5.74) is 3.33. The lowest BCUT2D eigenvalue weighted by Crippen LogP contribution is -2.53. The zero-order valence-electron chi connectivity index (χ0n) is 15.5. The van der Waals surface area contributed by atoms with Gasteiger partial charge in [0.15, 0.2) is 0 Å². The maximum atomic E-state index is 13.2. The second-order valence-corrected chi connectivity index (χ2v) is 7.62. The summed E-state index contributed by atoms with van der Waals surface area (Å²) >= 11 is 0. The third-order valence-electron chi connectivity index (χ3n) is 5.79. The molecule has 0 unspecified atom stereocenters. The van der Waals surface area contributed by atoms with E-state index in [9.17, 15) is 9.18 Å². The van der Waals surface area contributed by atoms with Crippen LogP contribution in [0.3, 0.4) is 0 Å². The highest BCUT2D eigenvalue weighted by molar-refractivity contribution is 5.83. The number of hydrogen-bond acceptors (Lipinski definition) is 3. The fourth-order valence-corrected chi connectivity index (χ4v) is 4.37. The summed E-state index contributed by atoms with van der Waals surface area (Å²) in [6, 6.07) is 14.7. The largest absolute Gasteiger partial charge is 0.365 e. The molecule has 5 nitrogen and oxygen atoms in total. The van der Waals surface area contributed by atoms with Gasteiger partial charge in [0.05, 0.1) is 12.1 Å². The molecule has 2 aliphatic heterocycles. The van der Waals surface area contributed by atoms with Crippen molar-refractivity contribution in [3.8, 4) is 0 Å². The van der Waals surface area contributed by atoms with Crippen molar-refractivity contribution in [2.24, 2.45) is 0 Å². The van der Waals surface area contributed by atoms with Gasteiger partial charge in [-0.1, -0.05) is 30.3 Å². The Bertz CT molecular complexity index is 1000. The SMILES string of the molecule is O=C1CO[C@H]2CN(Cc3c[nH]c4ccccc34)C[C@H]2N1Cc1ccc(F)cc1. The highest BCUT2D eigenvalue weighted by atomic mass is 19.1. The zero-order valence-corrected chi connectivity index (χ0v) is 15.5. The van der Waals surface area contributed by atoms with Crippen LogP contribution in [0.2, 0.25) is 0 Å². The number of carbonyl (C=O) groups excluding carboxylic acids is 1. The Morgan fingerprint density at radius 2 is 1.89 bits per heavy atom. The number of amides is 1. The fraction of sp³-hybridized carbons (Fsp3) is 0.318. The first-order valence-corrected chi connectivity index (χ1v) is 9.60. The number of carbonyl (C=O) groups is 1.